The molecule has 2 rings (SSSR count). The van der Waals surface area contributed by atoms with Gasteiger partial charge in [-0.15, -0.1) is 0 Å². The minimum absolute atomic E-state index is 0.151. The van der Waals surface area contributed by atoms with E-state index in [-0.39, 0.29) is 6.04 Å². The van der Waals surface area contributed by atoms with Crippen molar-refractivity contribution >= 4 is 5.82 Å². The van der Waals surface area contributed by atoms with Crippen LogP contribution in [0.15, 0.2) is 18.3 Å². The van der Waals surface area contributed by atoms with Crippen LogP contribution in [0.4, 0.5) is 5.82 Å². The van der Waals surface area contributed by atoms with Gasteiger partial charge in [-0.3, -0.25) is 0 Å². The highest BCUT2D eigenvalue weighted by Gasteiger charge is 2.30. The van der Waals surface area contributed by atoms with Crippen LogP contribution in [-0.4, -0.2) is 35.9 Å². The maximum Gasteiger partial charge on any atom is 0.129 e. The van der Waals surface area contributed by atoms with Crippen LogP contribution >= 0.6 is 0 Å². The Kier molecular flexibility index (Phi) is 3.61. The number of hydrogen-bond donors (Lipinski definition) is 3. The largest absolute Gasteiger partial charge is 0.385 e. The summed E-state index contributed by atoms with van der Waals surface area (Å²) in [5.41, 5.74) is 5.47. The molecule has 0 saturated carbocycles. The van der Waals surface area contributed by atoms with Crippen LogP contribution in [0.2, 0.25) is 0 Å². The topological polar surface area (TPSA) is 80.4 Å². The highest BCUT2D eigenvalue weighted by Crippen LogP contribution is 2.29. The van der Waals surface area contributed by atoms with E-state index in [1.54, 1.807) is 19.2 Å². The second-order valence-electron chi connectivity index (χ2n) is 4.64. The van der Waals surface area contributed by atoms with Crippen LogP contribution in [-0.2, 0) is 10.3 Å². The lowest BCUT2D eigenvalue weighted by atomic mass is 9.89. The van der Waals surface area contributed by atoms with Gasteiger partial charge in [0.2, 0.25) is 0 Å². The SMILES string of the molecule is CC(O)(CC1COCCN1)c1cccnc1N. The van der Waals surface area contributed by atoms with Gasteiger partial charge in [-0.1, -0.05) is 6.07 Å². The zero-order valence-corrected chi connectivity index (χ0v) is 10.0. The van der Waals surface area contributed by atoms with Crippen molar-refractivity contribution in [3.63, 3.8) is 0 Å². The Hall–Kier alpha value is -1.17. The highest BCUT2D eigenvalue weighted by molar-refractivity contribution is 5.42. The predicted octanol–water partition coefficient (Wildman–Crippen LogP) is 0.250. The van der Waals surface area contributed by atoms with Crippen molar-refractivity contribution in [2.45, 2.75) is 25.0 Å². The lowest BCUT2D eigenvalue weighted by Gasteiger charge is -2.32. The number of ether oxygens (including phenoxy) is 1. The number of nitrogens with two attached hydrogens (primary N) is 1. The van der Waals surface area contributed by atoms with Gasteiger partial charge in [0, 0.05) is 24.3 Å². The van der Waals surface area contributed by atoms with Gasteiger partial charge in [-0.25, -0.2) is 4.98 Å². The first-order chi connectivity index (χ1) is 8.09. The standard InChI is InChI=1S/C12H19N3O2/c1-12(16,7-9-8-17-6-5-14-9)10-3-2-4-15-11(10)13/h2-4,9,14,16H,5-8H2,1H3,(H2,13,15). The molecule has 0 amide bonds. The number of nitrogen functional groups attached to an aromatic ring is 1. The fourth-order valence-corrected chi connectivity index (χ4v) is 2.21. The summed E-state index contributed by atoms with van der Waals surface area (Å²) in [6, 6.07) is 3.75. The van der Waals surface area contributed by atoms with Crippen LogP contribution in [0.1, 0.15) is 18.9 Å². The van der Waals surface area contributed by atoms with Crippen LogP contribution in [0.25, 0.3) is 0 Å². The van der Waals surface area contributed by atoms with Gasteiger partial charge >= 0.3 is 0 Å². The van der Waals surface area contributed by atoms with Gasteiger partial charge in [0.25, 0.3) is 0 Å². The third kappa shape index (κ3) is 2.94. The van der Waals surface area contributed by atoms with Crippen LogP contribution < -0.4 is 11.1 Å². The molecule has 2 heterocycles. The van der Waals surface area contributed by atoms with Crippen LogP contribution in [0, 0.1) is 0 Å². The Morgan fingerprint density at radius 2 is 2.53 bits per heavy atom. The minimum atomic E-state index is -0.989. The molecule has 0 bridgehead atoms. The van der Waals surface area contributed by atoms with Crippen molar-refractivity contribution in [2.24, 2.45) is 0 Å². The van der Waals surface area contributed by atoms with Gasteiger partial charge < -0.3 is 20.9 Å². The first kappa shape index (κ1) is 12.3. The zero-order chi connectivity index (χ0) is 12.3. The Bertz CT molecular complexity index is 376. The first-order valence-corrected chi connectivity index (χ1v) is 5.84. The lowest BCUT2D eigenvalue weighted by Crippen LogP contribution is -2.45. The van der Waals surface area contributed by atoms with Crippen molar-refractivity contribution in [1.82, 2.24) is 10.3 Å². The maximum absolute atomic E-state index is 10.5. The summed E-state index contributed by atoms with van der Waals surface area (Å²) in [4.78, 5) is 4.00. The summed E-state index contributed by atoms with van der Waals surface area (Å²) < 4.78 is 5.37. The third-order valence-corrected chi connectivity index (χ3v) is 3.06. The molecule has 1 saturated heterocycles. The highest BCUT2D eigenvalue weighted by atomic mass is 16.5. The summed E-state index contributed by atoms with van der Waals surface area (Å²) in [5, 5.41) is 13.8. The number of anilines is 1. The fraction of sp³-hybridized carbons (Fsp3) is 0.583. The summed E-state index contributed by atoms with van der Waals surface area (Å²) in [6.07, 6.45) is 2.18. The van der Waals surface area contributed by atoms with Crippen molar-refractivity contribution < 1.29 is 9.84 Å². The fourth-order valence-electron chi connectivity index (χ4n) is 2.21. The maximum atomic E-state index is 10.5. The van der Waals surface area contributed by atoms with Crippen molar-refractivity contribution in [1.29, 1.82) is 0 Å². The Morgan fingerprint density at radius 3 is 3.18 bits per heavy atom. The third-order valence-electron chi connectivity index (χ3n) is 3.06. The molecule has 1 fully saturated rings. The molecular formula is C12H19N3O2. The van der Waals surface area contributed by atoms with Crippen LogP contribution in [0.3, 0.4) is 0 Å². The number of hydrogen-bond acceptors (Lipinski definition) is 5. The molecule has 1 aliphatic rings. The molecule has 17 heavy (non-hydrogen) atoms. The second kappa shape index (κ2) is 5.00. The van der Waals surface area contributed by atoms with Gasteiger partial charge in [0.15, 0.2) is 0 Å². The summed E-state index contributed by atoms with van der Waals surface area (Å²) in [7, 11) is 0. The number of aliphatic hydroxyl groups is 1. The monoisotopic (exact) mass is 237 g/mol. The molecule has 1 aliphatic heterocycles. The van der Waals surface area contributed by atoms with E-state index < -0.39 is 5.60 Å². The zero-order valence-electron chi connectivity index (χ0n) is 10.0. The molecular weight excluding hydrogens is 218 g/mol. The molecule has 4 N–H and O–H groups in total. The molecule has 1 aromatic rings. The second-order valence-corrected chi connectivity index (χ2v) is 4.64. The number of pyridine rings is 1. The predicted molar refractivity (Wildman–Crippen MR) is 65.4 cm³/mol. The number of rotatable bonds is 3. The number of morpholine rings is 1. The molecule has 5 nitrogen and oxygen atoms in total. The van der Waals surface area contributed by atoms with E-state index >= 15 is 0 Å². The average molecular weight is 237 g/mol. The van der Waals surface area contributed by atoms with E-state index in [9.17, 15) is 5.11 Å². The van der Waals surface area contributed by atoms with E-state index in [0.717, 1.165) is 13.2 Å². The smallest absolute Gasteiger partial charge is 0.129 e. The lowest BCUT2D eigenvalue weighted by molar-refractivity contribution is 0.00353. The Balaban J connectivity index is 2.10. The Morgan fingerprint density at radius 1 is 1.71 bits per heavy atom. The number of nitrogens with zero attached hydrogens (tertiary/aromatic N) is 1. The molecule has 94 valence electrons. The van der Waals surface area contributed by atoms with Crippen molar-refractivity contribution in [3.05, 3.63) is 23.9 Å². The minimum Gasteiger partial charge on any atom is -0.385 e. The molecule has 2 atom stereocenters. The molecule has 5 heteroatoms. The van der Waals surface area contributed by atoms with E-state index in [2.05, 4.69) is 10.3 Å². The average Bonchev–Trinajstić information content (AvgIpc) is 2.30. The van der Waals surface area contributed by atoms with Gasteiger partial charge in [0.05, 0.1) is 18.8 Å². The molecule has 1 aromatic heterocycles. The normalized spacial score (nSPS) is 24.2. The van der Waals surface area contributed by atoms with Crippen LogP contribution in [0.5, 0.6) is 0 Å². The number of nitrogens with one attached hydrogen (secondary N) is 1. The summed E-state index contributed by atoms with van der Waals surface area (Å²) in [6.45, 7) is 3.93. The Labute approximate surface area is 101 Å². The molecule has 0 radical (unpaired) electrons. The first-order valence-electron chi connectivity index (χ1n) is 5.84. The van der Waals surface area contributed by atoms with E-state index in [4.69, 9.17) is 10.5 Å². The van der Waals surface area contributed by atoms with Crippen molar-refractivity contribution in [2.75, 3.05) is 25.5 Å². The molecule has 0 aromatic carbocycles. The molecule has 0 aliphatic carbocycles. The summed E-state index contributed by atoms with van der Waals surface area (Å²) in [5.74, 6) is 0.384. The van der Waals surface area contributed by atoms with Gasteiger partial charge in [0.1, 0.15) is 5.82 Å². The summed E-state index contributed by atoms with van der Waals surface area (Å²) >= 11 is 0. The number of aromatic nitrogens is 1. The van der Waals surface area contributed by atoms with E-state index in [0.29, 0.717) is 24.4 Å². The van der Waals surface area contributed by atoms with Gasteiger partial charge in [-0.05, 0) is 19.4 Å². The van der Waals surface area contributed by atoms with Crippen molar-refractivity contribution in [3.8, 4) is 0 Å². The van der Waals surface area contributed by atoms with E-state index in [1.165, 1.54) is 0 Å². The molecule has 2 unspecified atom stereocenters. The quantitative estimate of drug-likeness (QED) is 0.702. The van der Waals surface area contributed by atoms with E-state index in [1.807, 2.05) is 6.07 Å². The van der Waals surface area contributed by atoms with Gasteiger partial charge in [-0.2, -0.15) is 0 Å². The molecule has 0 spiro atoms.